The number of carboxylic acid groups (broad SMARTS) is 1. The van der Waals surface area contributed by atoms with Gasteiger partial charge in [-0.1, -0.05) is 26.3 Å². The Morgan fingerprint density at radius 1 is 0.347 bits per heavy atom. The van der Waals surface area contributed by atoms with Crippen molar-refractivity contribution in [2.45, 2.75) is 145 Å². The number of carbonyl (C=O) groups is 12. The van der Waals surface area contributed by atoms with E-state index in [-0.39, 0.29) is 195 Å². The fourth-order valence-corrected chi connectivity index (χ4v) is 14.8. The number of carbonyl (C=O) groups excluding carboxylic acids is 11. The van der Waals surface area contributed by atoms with Crippen LogP contribution in [0.4, 0.5) is 0 Å². The molecule has 0 amide bonds. The van der Waals surface area contributed by atoms with Crippen LogP contribution in [0.2, 0.25) is 0 Å². The molecule has 4 N–H and O–H groups in total. The first kappa shape index (κ1) is 82.3. The molecule has 0 spiro atoms. The van der Waals surface area contributed by atoms with E-state index in [9.17, 15) is 57.5 Å². The number of aliphatic hydroxyl groups is 2. The number of rotatable bonds is 30. The van der Waals surface area contributed by atoms with E-state index < -0.39 is 115 Å². The minimum Gasteiger partial charge on any atom is -0.870 e. The van der Waals surface area contributed by atoms with Crippen molar-refractivity contribution < 1.29 is 149 Å². The van der Waals surface area contributed by atoms with E-state index in [1.165, 1.54) is 7.11 Å². The average Bonchev–Trinajstić information content (AvgIpc) is 1.55. The molecule has 0 aromatic heterocycles. The number of carboxylic acids is 1. The van der Waals surface area contributed by atoms with Crippen LogP contribution in [0.3, 0.4) is 0 Å². The monoisotopic (exact) mass is 1340 g/mol. The van der Waals surface area contributed by atoms with Crippen molar-refractivity contribution in [1.29, 1.82) is 0 Å². The van der Waals surface area contributed by atoms with Crippen molar-refractivity contribution in [2.24, 2.45) is 67.0 Å². The van der Waals surface area contributed by atoms with Gasteiger partial charge in [-0.05, 0) is 163 Å². The Kier molecular flexibility index (Phi) is 29.3. The zero-order valence-corrected chi connectivity index (χ0v) is 56.7. The fraction of sp³-hybridized carbons (Fsp3) is 0.701. The summed E-state index contributed by atoms with van der Waals surface area (Å²) >= 11 is 0. The van der Waals surface area contributed by atoms with Gasteiger partial charge in [-0.15, -0.1) is 0 Å². The third kappa shape index (κ3) is 16.2. The maximum absolute atomic E-state index is 12.9. The van der Waals surface area contributed by atoms with Crippen LogP contribution in [0.1, 0.15) is 145 Å². The van der Waals surface area contributed by atoms with Crippen LogP contribution in [0.15, 0.2) is 48.6 Å². The van der Waals surface area contributed by atoms with Gasteiger partial charge in [0.25, 0.3) is 0 Å². The third-order valence-corrected chi connectivity index (χ3v) is 19.8. The topological polar surface area (TPSA) is 397 Å². The SMILES string of the molecule is C=C(C(=O)O)C12CC1CC(C(=O)OCC)(C(=O)OCC)C2.C=C(C(=O)OC)C12CC1CC(C(=O)OCC)(C(=O)OCC)C2.C=C(C(=O)OCCCOC(=O)C(=C)C12CC1CC(C(=O)OCC)(C(=O)OCC)C2)C12CC1CC(C(=O)OCC)(C(=O)OCC)C2.OCCCO.[Li+].[OH-]. The first-order chi connectivity index (χ1) is 44.0. The van der Waals surface area contributed by atoms with Crippen LogP contribution in [-0.2, 0) is 110 Å². The van der Waals surface area contributed by atoms with Crippen LogP contribution in [0, 0.1) is 67.0 Å². The molecule has 28 heteroatoms. The van der Waals surface area contributed by atoms with Crippen molar-refractivity contribution >= 4 is 71.6 Å². The smallest absolute Gasteiger partial charge is 0.870 e. The number of hydrogen-bond donors (Lipinski definition) is 3. The Morgan fingerprint density at radius 2 is 0.558 bits per heavy atom. The molecule has 0 aromatic rings. The molecule has 8 unspecified atom stereocenters. The molecule has 8 saturated carbocycles. The van der Waals surface area contributed by atoms with Crippen LogP contribution >= 0.6 is 0 Å². The molecule has 0 heterocycles. The Balaban J connectivity index is 0.000000392. The molecule has 0 bridgehead atoms. The molecule has 8 aliphatic rings. The number of esters is 11. The van der Waals surface area contributed by atoms with Gasteiger partial charge in [0.1, 0.15) is 0 Å². The Bertz CT molecular complexity index is 2780. The molecule has 526 valence electrons. The van der Waals surface area contributed by atoms with Gasteiger partial charge in [0.15, 0.2) is 21.7 Å². The Morgan fingerprint density at radius 3 is 0.737 bits per heavy atom. The molecule has 0 saturated heterocycles. The Hall–Kier alpha value is -6.92. The molecule has 8 fully saturated rings. The second kappa shape index (κ2) is 33.8. The van der Waals surface area contributed by atoms with Gasteiger partial charge < -0.3 is 72.9 Å². The number of aliphatic carboxylic acids is 1. The molecule has 0 aliphatic heterocycles. The van der Waals surface area contributed by atoms with Crippen molar-refractivity contribution in [3.05, 3.63) is 48.6 Å². The number of methoxy groups -OCH3 is 1. The van der Waals surface area contributed by atoms with Gasteiger partial charge in [-0.2, -0.15) is 0 Å². The largest absolute Gasteiger partial charge is 1.00 e. The molecular formula is C67H95LiO27. The molecule has 0 aromatic carbocycles. The quantitative estimate of drug-likeness (QED) is 0.0232. The van der Waals surface area contributed by atoms with Gasteiger partial charge in [-0.3, -0.25) is 38.4 Å². The van der Waals surface area contributed by atoms with Crippen LogP contribution in [0.25, 0.3) is 0 Å². The van der Waals surface area contributed by atoms with Gasteiger partial charge in [0.2, 0.25) is 0 Å². The number of ether oxygens (including phenoxy) is 11. The number of aliphatic hydroxyl groups excluding tert-OH is 2. The van der Waals surface area contributed by atoms with Crippen LogP contribution in [-0.4, -0.2) is 179 Å². The zero-order valence-electron chi connectivity index (χ0n) is 56.7. The normalized spacial score (nSPS) is 26.1. The summed E-state index contributed by atoms with van der Waals surface area (Å²) in [5.74, 6) is -7.98. The third-order valence-electron chi connectivity index (χ3n) is 19.8. The summed E-state index contributed by atoms with van der Waals surface area (Å²) in [5.41, 5.74) is -7.52. The van der Waals surface area contributed by atoms with Gasteiger partial charge in [-0.25, -0.2) is 19.2 Å². The second-order valence-corrected chi connectivity index (χ2v) is 25.0. The maximum Gasteiger partial charge on any atom is 1.00 e. The number of hydrogen-bond acceptors (Lipinski definition) is 26. The molecule has 8 atom stereocenters. The maximum atomic E-state index is 12.9. The standard InChI is InChI=1S/C33H44O12.C16H22O6.C15H20O6.C3H8O2.Li.H2O/c1-7-40-26(36)32(27(37)41-8-2)16-22-14-30(22,18-32)20(5)24(34)44-12-11-13-45-25(35)21(6)31-15-23(31)17-33(19-31,28(38)42-9-3)29(39)43-10-4;1-5-21-13(18)16(14(19)22-6-2)8-11-7-15(11,9-16)10(3)12(17)20-4;1-4-20-12(18)15(13(19)21-5-2)7-10-6-14(10,8-15)9(3)11(16)17;4-2-1-3-5;;/h22-23H,5-19H2,1-4H3;11H,3,5-9H2,1-2,4H3;10H,3-8H2,1-2H3,(H,16,17);4-5H,1-3H2;;1H2/q;;;;+1;/p-1. The van der Waals surface area contributed by atoms with E-state index in [2.05, 4.69) is 26.3 Å². The number of fused-ring (bicyclic) bond motifs is 4. The van der Waals surface area contributed by atoms with E-state index in [1.54, 1.807) is 55.4 Å². The van der Waals surface area contributed by atoms with E-state index in [1.807, 2.05) is 0 Å². The average molecular weight is 1340 g/mol. The minimum absolute atomic E-state index is 0. The molecular weight excluding hydrogens is 1240 g/mol. The predicted octanol–water partition coefficient (Wildman–Crippen LogP) is 2.76. The van der Waals surface area contributed by atoms with Gasteiger partial charge >= 0.3 is 90.5 Å². The first-order valence-corrected chi connectivity index (χ1v) is 32.0. The summed E-state index contributed by atoms with van der Waals surface area (Å²) in [6, 6.07) is 0. The summed E-state index contributed by atoms with van der Waals surface area (Å²) in [4.78, 5) is 149. The van der Waals surface area contributed by atoms with Gasteiger partial charge in [0, 0.05) is 63.6 Å². The molecule has 8 aliphatic carbocycles. The van der Waals surface area contributed by atoms with E-state index in [0.29, 0.717) is 37.7 Å². The summed E-state index contributed by atoms with van der Waals surface area (Å²) < 4.78 is 56.6. The van der Waals surface area contributed by atoms with Crippen LogP contribution in [0.5, 0.6) is 0 Å². The summed E-state index contributed by atoms with van der Waals surface area (Å²) in [6.07, 6.45) is 4.84. The molecule has 95 heavy (non-hydrogen) atoms. The Labute approximate surface area is 565 Å². The van der Waals surface area contributed by atoms with Gasteiger partial charge in [0.05, 0.1) is 73.2 Å². The summed E-state index contributed by atoms with van der Waals surface area (Å²) in [5, 5.41) is 25.0. The second-order valence-electron chi connectivity index (χ2n) is 25.0. The van der Waals surface area contributed by atoms with Crippen molar-refractivity contribution in [2.75, 3.05) is 86.4 Å². The van der Waals surface area contributed by atoms with E-state index in [0.717, 1.165) is 6.42 Å². The van der Waals surface area contributed by atoms with E-state index >= 15 is 0 Å². The molecule has 27 nitrogen and oxygen atoms in total. The predicted molar refractivity (Wildman–Crippen MR) is 325 cm³/mol. The van der Waals surface area contributed by atoms with Crippen molar-refractivity contribution in [3.8, 4) is 0 Å². The van der Waals surface area contributed by atoms with E-state index in [4.69, 9.17) is 67.4 Å². The summed E-state index contributed by atoms with van der Waals surface area (Å²) in [6.45, 7) is 29.9. The first-order valence-electron chi connectivity index (χ1n) is 32.0. The minimum atomic E-state index is -1.47. The van der Waals surface area contributed by atoms with Crippen molar-refractivity contribution in [3.63, 3.8) is 0 Å². The zero-order chi connectivity index (χ0) is 69.7. The fourth-order valence-electron chi connectivity index (χ4n) is 14.8. The molecule has 8 rings (SSSR count). The summed E-state index contributed by atoms with van der Waals surface area (Å²) in [7, 11) is 1.29. The molecule has 0 radical (unpaired) electrons. The van der Waals surface area contributed by atoms with Crippen LogP contribution < -0.4 is 18.9 Å². The van der Waals surface area contributed by atoms with Crippen molar-refractivity contribution in [1.82, 2.24) is 0 Å².